The summed E-state index contributed by atoms with van der Waals surface area (Å²) in [4.78, 5) is 6.42. The fourth-order valence-electron chi connectivity index (χ4n) is 1.36. The molecule has 2 aromatic heterocycles. The Morgan fingerprint density at radius 1 is 1.17 bits per heavy atom. The third kappa shape index (κ3) is 0.961. The molecule has 2 nitrogen and oxygen atoms in total. The first-order valence-electron chi connectivity index (χ1n) is 4.07. The van der Waals surface area contributed by atoms with Crippen LogP contribution in [0.5, 0.6) is 0 Å². The average Bonchev–Trinajstić information content (AvgIpc) is 2.64. The largest absolute Gasteiger partial charge is 0.360 e. The highest BCUT2D eigenvalue weighted by Gasteiger charge is 2.05. The summed E-state index contributed by atoms with van der Waals surface area (Å²) in [6, 6.07) is 4.07. The number of rotatable bonds is 1. The number of hydrogen-bond acceptors (Lipinski definition) is 0. The maximum absolute atomic E-state index is 3.24. The summed E-state index contributed by atoms with van der Waals surface area (Å²) in [5, 5.41) is 0. The van der Waals surface area contributed by atoms with Crippen LogP contribution in [-0.2, 0) is 0 Å². The highest BCUT2D eigenvalue weighted by molar-refractivity contribution is 5.60. The summed E-state index contributed by atoms with van der Waals surface area (Å²) in [6.07, 6.45) is 3.97. The molecule has 0 aliphatic carbocycles. The lowest BCUT2D eigenvalue weighted by molar-refractivity contribution is 1.31. The topological polar surface area (TPSA) is 31.6 Å². The zero-order valence-corrected chi connectivity index (χ0v) is 7.31. The number of aryl methyl sites for hydroxylation is 1. The Morgan fingerprint density at radius 2 is 2.00 bits per heavy atom. The molecule has 0 spiro atoms. The van der Waals surface area contributed by atoms with Crippen LogP contribution in [0.4, 0.5) is 0 Å². The van der Waals surface area contributed by atoms with E-state index in [1.165, 1.54) is 16.8 Å². The van der Waals surface area contributed by atoms with Crippen molar-refractivity contribution in [3.63, 3.8) is 0 Å². The van der Waals surface area contributed by atoms with Gasteiger partial charge in [-0.2, -0.15) is 0 Å². The van der Waals surface area contributed by atoms with Gasteiger partial charge in [0.1, 0.15) is 0 Å². The lowest BCUT2D eigenvalue weighted by Gasteiger charge is -1.95. The van der Waals surface area contributed by atoms with Gasteiger partial charge in [0.15, 0.2) is 0 Å². The van der Waals surface area contributed by atoms with E-state index in [1.54, 1.807) is 0 Å². The van der Waals surface area contributed by atoms with Gasteiger partial charge in [-0.3, -0.25) is 0 Å². The normalized spacial score (nSPS) is 10.5. The van der Waals surface area contributed by atoms with Gasteiger partial charge < -0.3 is 9.97 Å². The summed E-state index contributed by atoms with van der Waals surface area (Å²) >= 11 is 0. The molecule has 0 atom stereocenters. The second kappa shape index (κ2) is 2.55. The Kier molecular flexibility index (Phi) is 1.54. The van der Waals surface area contributed by atoms with Gasteiger partial charge in [-0.1, -0.05) is 0 Å². The molecule has 0 unspecified atom stereocenters. The number of aromatic nitrogens is 2. The number of H-pyrrole nitrogens is 2. The number of aromatic amines is 2. The van der Waals surface area contributed by atoms with E-state index in [9.17, 15) is 0 Å². The molecule has 2 heteroatoms. The molecule has 0 saturated heterocycles. The quantitative estimate of drug-likeness (QED) is 0.642. The van der Waals surface area contributed by atoms with E-state index in [0.29, 0.717) is 0 Å². The van der Waals surface area contributed by atoms with Crippen molar-refractivity contribution in [1.29, 1.82) is 0 Å². The van der Waals surface area contributed by atoms with Crippen LogP contribution >= 0.6 is 0 Å². The van der Waals surface area contributed by atoms with Crippen LogP contribution in [-0.4, -0.2) is 9.97 Å². The van der Waals surface area contributed by atoms with Crippen LogP contribution in [0.2, 0.25) is 0 Å². The molecule has 0 aliphatic rings. The lowest BCUT2D eigenvalue weighted by Crippen LogP contribution is -1.79. The predicted molar refractivity (Wildman–Crippen MR) is 50.1 cm³/mol. The Bertz CT molecular complexity index is 368. The van der Waals surface area contributed by atoms with Gasteiger partial charge in [0.2, 0.25) is 0 Å². The minimum absolute atomic E-state index is 1.15. The monoisotopic (exact) mass is 160 g/mol. The number of nitrogens with one attached hydrogen (secondary N) is 2. The van der Waals surface area contributed by atoms with E-state index in [0.717, 1.165) is 5.69 Å². The van der Waals surface area contributed by atoms with Crippen LogP contribution in [0.3, 0.4) is 0 Å². The average molecular weight is 160 g/mol. The van der Waals surface area contributed by atoms with Gasteiger partial charge in [0.05, 0.1) is 11.4 Å². The van der Waals surface area contributed by atoms with Crippen LogP contribution in [0.25, 0.3) is 11.4 Å². The van der Waals surface area contributed by atoms with Crippen molar-refractivity contribution >= 4 is 0 Å². The standard InChI is InChI=1S/C10H12N2/c1-7-6-12-10(8(7)2)9-4-3-5-11-9/h3-6,11-12H,1-2H3. The Labute approximate surface area is 71.6 Å². The van der Waals surface area contributed by atoms with Crippen LogP contribution < -0.4 is 0 Å². The molecule has 62 valence electrons. The Balaban J connectivity index is 2.55. The van der Waals surface area contributed by atoms with Crippen molar-refractivity contribution in [2.75, 3.05) is 0 Å². The van der Waals surface area contributed by atoms with Crippen LogP contribution in [0, 0.1) is 13.8 Å². The summed E-state index contributed by atoms with van der Waals surface area (Å²) in [5.41, 5.74) is 4.97. The Hall–Kier alpha value is -1.44. The van der Waals surface area contributed by atoms with E-state index in [2.05, 4.69) is 29.9 Å². The summed E-state index contributed by atoms with van der Waals surface area (Å²) < 4.78 is 0. The second-order valence-corrected chi connectivity index (χ2v) is 3.06. The molecule has 0 aromatic carbocycles. The minimum Gasteiger partial charge on any atom is -0.360 e. The zero-order valence-electron chi connectivity index (χ0n) is 7.31. The van der Waals surface area contributed by atoms with Gasteiger partial charge in [-0.15, -0.1) is 0 Å². The summed E-state index contributed by atoms with van der Waals surface area (Å²) in [6.45, 7) is 4.24. The Morgan fingerprint density at radius 3 is 2.50 bits per heavy atom. The van der Waals surface area contributed by atoms with Crippen molar-refractivity contribution in [3.05, 3.63) is 35.7 Å². The molecule has 0 radical (unpaired) electrons. The molecule has 2 heterocycles. The molecule has 0 bridgehead atoms. The van der Waals surface area contributed by atoms with Crippen LogP contribution in [0.1, 0.15) is 11.1 Å². The number of hydrogen-bond donors (Lipinski definition) is 2. The smallest absolute Gasteiger partial charge is 0.0651 e. The fraction of sp³-hybridized carbons (Fsp3) is 0.200. The van der Waals surface area contributed by atoms with E-state index >= 15 is 0 Å². The molecule has 12 heavy (non-hydrogen) atoms. The summed E-state index contributed by atoms with van der Waals surface area (Å²) in [7, 11) is 0. The second-order valence-electron chi connectivity index (χ2n) is 3.06. The van der Waals surface area contributed by atoms with E-state index < -0.39 is 0 Å². The first kappa shape index (κ1) is 7.22. The molecule has 0 aliphatic heterocycles. The predicted octanol–water partition coefficient (Wildman–Crippen LogP) is 2.63. The zero-order chi connectivity index (χ0) is 8.55. The van der Waals surface area contributed by atoms with E-state index in [4.69, 9.17) is 0 Å². The molecule has 2 aromatic rings. The highest BCUT2D eigenvalue weighted by Crippen LogP contribution is 2.21. The highest BCUT2D eigenvalue weighted by atomic mass is 14.8. The first-order valence-corrected chi connectivity index (χ1v) is 4.07. The maximum atomic E-state index is 3.24. The first-order chi connectivity index (χ1) is 5.79. The lowest BCUT2D eigenvalue weighted by atomic mass is 10.1. The van der Waals surface area contributed by atoms with Gasteiger partial charge in [0, 0.05) is 12.4 Å². The van der Waals surface area contributed by atoms with Gasteiger partial charge in [-0.05, 0) is 37.1 Å². The van der Waals surface area contributed by atoms with Gasteiger partial charge in [0.25, 0.3) is 0 Å². The molecule has 2 N–H and O–H groups in total. The molecular formula is C10H12N2. The van der Waals surface area contributed by atoms with Crippen LogP contribution in [0.15, 0.2) is 24.5 Å². The van der Waals surface area contributed by atoms with E-state index in [-0.39, 0.29) is 0 Å². The van der Waals surface area contributed by atoms with Crippen molar-refractivity contribution in [2.45, 2.75) is 13.8 Å². The maximum Gasteiger partial charge on any atom is 0.0651 e. The molecule has 0 amide bonds. The van der Waals surface area contributed by atoms with Gasteiger partial charge in [-0.25, -0.2) is 0 Å². The van der Waals surface area contributed by atoms with Crippen molar-refractivity contribution in [1.82, 2.24) is 9.97 Å². The van der Waals surface area contributed by atoms with Crippen molar-refractivity contribution in [3.8, 4) is 11.4 Å². The van der Waals surface area contributed by atoms with E-state index in [1.807, 2.05) is 18.5 Å². The molecule has 0 fully saturated rings. The SMILES string of the molecule is Cc1c[nH]c(-c2ccc[nH]2)c1C. The minimum atomic E-state index is 1.15. The fourth-order valence-corrected chi connectivity index (χ4v) is 1.36. The van der Waals surface area contributed by atoms with Gasteiger partial charge >= 0.3 is 0 Å². The third-order valence-corrected chi connectivity index (χ3v) is 2.27. The third-order valence-electron chi connectivity index (χ3n) is 2.27. The molecule has 0 saturated carbocycles. The van der Waals surface area contributed by atoms with Crippen molar-refractivity contribution in [2.24, 2.45) is 0 Å². The summed E-state index contributed by atoms with van der Waals surface area (Å²) in [5.74, 6) is 0. The molecule has 2 rings (SSSR count). The van der Waals surface area contributed by atoms with Crippen molar-refractivity contribution < 1.29 is 0 Å². The molecular weight excluding hydrogens is 148 g/mol.